The van der Waals surface area contributed by atoms with Gasteiger partial charge in [-0.3, -0.25) is 9.59 Å². The number of fused-ring (bicyclic) bond motifs is 1. The van der Waals surface area contributed by atoms with Gasteiger partial charge < -0.3 is 14.5 Å². The molecule has 1 aliphatic rings. The van der Waals surface area contributed by atoms with E-state index < -0.39 is 54.2 Å². The molecule has 2 amide bonds. The zero-order valence-corrected chi connectivity index (χ0v) is 21.6. The maximum Gasteiger partial charge on any atom is 0.433 e. The van der Waals surface area contributed by atoms with Crippen LogP contribution in [0.1, 0.15) is 27.2 Å². The Morgan fingerprint density at radius 3 is 2.41 bits per heavy atom. The van der Waals surface area contributed by atoms with Gasteiger partial charge in [-0.25, -0.2) is 22.7 Å². The summed E-state index contributed by atoms with van der Waals surface area (Å²) in [5.74, 6) is -4.66. The third kappa shape index (κ3) is 5.16. The molecule has 1 aliphatic heterocycles. The van der Waals surface area contributed by atoms with Crippen LogP contribution in [0.3, 0.4) is 0 Å². The minimum absolute atomic E-state index is 0.0210. The minimum Gasteiger partial charge on any atom is -0.497 e. The van der Waals surface area contributed by atoms with Crippen molar-refractivity contribution in [1.29, 1.82) is 0 Å². The van der Waals surface area contributed by atoms with Gasteiger partial charge in [-0.2, -0.15) is 18.3 Å². The van der Waals surface area contributed by atoms with Crippen LogP contribution in [0.4, 0.5) is 26.3 Å². The summed E-state index contributed by atoms with van der Waals surface area (Å²) < 4.78 is 89.4. The van der Waals surface area contributed by atoms with E-state index in [4.69, 9.17) is 4.74 Å². The molecule has 14 heteroatoms. The quantitative estimate of drug-likeness (QED) is 0.255. The van der Waals surface area contributed by atoms with Gasteiger partial charge in [0.1, 0.15) is 23.7 Å². The Balaban J connectivity index is 1.46. The number of methoxy groups -OCH3 is 1. The fraction of sp³-hybridized carbons (Fsp3) is 0.259. The minimum atomic E-state index is -4.84. The van der Waals surface area contributed by atoms with Gasteiger partial charge in [-0.05, 0) is 37.3 Å². The molecule has 0 saturated carbocycles. The van der Waals surface area contributed by atoms with Crippen molar-refractivity contribution in [2.75, 3.05) is 26.7 Å². The first-order valence-corrected chi connectivity index (χ1v) is 12.2. The largest absolute Gasteiger partial charge is 0.497 e. The summed E-state index contributed by atoms with van der Waals surface area (Å²) in [5, 5.41) is 3.80. The van der Waals surface area contributed by atoms with E-state index in [1.54, 1.807) is 12.1 Å². The van der Waals surface area contributed by atoms with E-state index in [1.807, 2.05) is 0 Å². The third-order valence-corrected chi connectivity index (χ3v) is 6.78. The SMILES string of the molecule is COc1ccc(-c2nc3c(C(=O)N4CCN(Cc5cc(F)cc(F)c5F)C(=O)C4)cnn3c(C(F)(F)F)c2C)cc1. The standard InChI is InChI=1S/C27H21F6N5O3/c1-14-23(15-3-5-18(41-2)6-4-15)35-25-19(11-34-38(25)24(14)27(31,32)33)26(40)37-8-7-36(21(39)13-37)12-16-9-17(28)10-20(29)22(16)30/h3-6,9-11H,7-8,12-13H2,1-2H3. The number of piperazine rings is 1. The van der Waals surface area contributed by atoms with Gasteiger partial charge in [0.25, 0.3) is 5.91 Å². The van der Waals surface area contributed by atoms with E-state index in [0.29, 0.717) is 21.9 Å². The van der Waals surface area contributed by atoms with Crippen LogP contribution in [-0.2, 0) is 17.5 Å². The molecular weight excluding hydrogens is 556 g/mol. The maximum absolute atomic E-state index is 14.2. The number of rotatable bonds is 5. The van der Waals surface area contributed by atoms with E-state index in [9.17, 15) is 35.9 Å². The number of carbonyl (C=O) groups excluding carboxylic acids is 2. The molecule has 0 spiro atoms. The molecule has 1 fully saturated rings. The Morgan fingerprint density at radius 2 is 1.78 bits per heavy atom. The molecule has 214 valence electrons. The van der Waals surface area contributed by atoms with E-state index in [2.05, 4.69) is 10.1 Å². The molecule has 0 aliphatic carbocycles. The van der Waals surface area contributed by atoms with Gasteiger partial charge in [0.2, 0.25) is 5.91 Å². The Bertz CT molecular complexity index is 1670. The number of benzene rings is 2. The lowest BCUT2D eigenvalue weighted by molar-refractivity contribution is -0.143. The number of ether oxygens (including phenoxy) is 1. The molecule has 8 nitrogen and oxygen atoms in total. The van der Waals surface area contributed by atoms with Gasteiger partial charge in [-0.1, -0.05) is 0 Å². The van der Waals surface area contributed by atoms with E-state index >= 15 is 0 Å². The lowest BCUT2D eigenvalue weighted by Crippen LogP contribution is -2.51. The van der Waals surface area contributed by atoms with E-state index in [1.165, 1.54) is 26.2 Å². The number of halogens is 6. The fourth-order valence-electron chi connectivity index (χ4n) is 4.74. The van der Waals surface area contributed by atoms with Crippen molar-refractivity contribution in [3.05, 3.63) is 82.4 Å². The second-order valence-electron chi connectivity index (χ2n) is 9.36. The lowest BCUT2D eigenvalue weighted by Gasteiger charge is -2.34. The summed E-state index contributed by atoms with van der Waals surface area (Å²) in [6.07, 6.45) is -3.88. The molecule has 2 aromatic carbocycles. The summed E-state index contributed by atoms with van der Waals surface area (Å²) in [6.45, 7) is 0.130. The predicted octanol–water partition coefficient (Wildman–Crippen LogP) is 4.63. The molecule has 1 saturated heterocycles. The predicted molar refractivity (Wildman–Crippen MR) is 132 cm³/mol. The van der Waals surface area contributed by atoms with Crippen molar-refractivity contribution < 1.29 is 40.7 Å². The molecule has 41 heavy (non-hydrogen) atoms. The van der Waals surface area contributed by atoms with Crippen LogP contribution < -0.4 is 4.74 Å². The molecule has 5 rings (SSSR count). The monoisotopic (exact) mass is 577 g/mol. The number of aromatic nitrogens is 3. The Kier molecular flexibility index (Phi) is 7.09. The first-order valence-electron chi connectivity index (χ1n) is 12.2. The van der Waals surface area contributed by atoms with Crippen LogP contribution in [0.15, 0.2) is 42.6 Å². The highest BCUT2D eigenvalue weighted by molar-refractivity contribution is 6.02. The summed E-state index contributed by atoms with van der Waals surface area (Å²) in [4.78, 5) is 32.8. The summed E-state index contributed by atoms with van der Waals surface area (Å²) >= 11 is 0. The van der Waals surface area contributed by atoms with Gasteiger partial charge in [0, 0.05) is 42.4 Å². The van der Waals surface area contributed by atoms with Crippen molar-refractivity contribution in [3.63, 3.8) is 0 Å². The normalized spacial score (nSPS) is 14.2. The number of amides is 2. The van der Waals surface area contributed by atoms with Gasteiger partial charge in [0.05, 0.1) is 19.0 Å². The maximum atomic E-state index is 14.2. The topological polar surface area (TPSA) is 80.0 Å². The van der Waals surface area contributed by atoms with Crippen molar-refractivity contribution in [1.82, 2.24) is 24.4 Å². The second kappa shape index (κ2) is 10.4. The van der Waals surface area contributed by atoms with E-state index in [-0.39, 0.29) is 41.1 Å². The van der Waals surface area contributed by atoms with Gasteiger partial charge in [-0.15, -0.1) is 0 Å². The van der Waals surface area contributed by atoms with Gasteiger partial charge in [0.15, 0.2) is 23.0 Å². The van der Waals surface area contributed by atoms with Crippen LogP contribution in [0.2, 0.25) is 0 Å². The molecule has 2 aromatic heterocycles. The number of hydrogen-bond acceptors (Lipinski definition) is 5. The number of carbonyl (C=O) groups is 2. The summed E-state index contributed by atoms with van der Waals surface area (Å²) in [7, 11) is 1.45. The highest BCUT2D eigenvalue weighted by atomic mass is 19.4. The molecular formula is C27H21F6N5O3. The molecule has 4 aromatic rings. The first-order chi connectivity index (χ1) is 19.4. The summed E-state index contributed by atoms with van der Waals surface area (Å²) in [6, 6.07) is 7.35. The average Bonchev–Trinajstić information content (AvgIpc) is 3.34. The Hall–Kier alpha value is -4.62. The number of hydrogen-bond donors (Lipinski definition) is 0. The molecule has 3 heterocycles. The smallest absolute Gasteiger partial charge is 0.433 e. The van der Waals surface area contributed by atoms with E-state index in [0.717, 1.165) is 22.1 Å². The van der Waals surface area contributed by atoms with Crippen LogP contribution in [0.25, 0.3) is 16.9 Å². The van der Waals surface area contributed by atoms with Crippen molar-refractivity contribution >= 4 is 17.5 Å². The van der Waals surface area contributed by atoms with Crippen molar-refractivity contribution in [2.24, 2.45) is 0 Å². The molecule has 0 radical (unpaired) electrons. The summed E-state index contributed by atoms with van der Waals surface area (Å²) in [5.41, 5.74) is -1.98. The molecule has 0 atom stereocenters. The highest BCUT2D eigenvalue weighted by Crippen LogP contribution is 2.37. The number of alkyl halides is 3. The second-order valence-corrected chi connectivity index (χ2v) is 9.36. The zero-order valence-electron chi connectivity index (χ0n) is 21.6. The Morgan fingerprint density at radius 1 is 1.07 bits per heavy atom. The average molecular weight is 577 g/mol. The highest BCUT2D eigenvalue weighted by Gasteiger charge is 2.39. The lowest BCUT2D eigenvalue weighted by atomic mass is 10.0. The third-order valence-electron chi connectivity index (χ3n) is 6.78. The van der Waals surface area contributed by atoms with Crippen LogP contribution in [-0.4, -0.2) is 63.0 Å². The van der Waals surface area contributed by atoms with Crippen LogP contribution >= 0.6 is 0 Å². The van der Waals surface area contributed by atoms with Gasteiger partial charge >= 0.3 is 6.18 Å². The first kappa shape index (κ1) is 27.9. The van der Waals surface area contributed by atoms with Crippen LogP contribution in [0, 0.1) is 24.4 Å². The molecule has 0 N–H and O–H groups in total. The fourth-order valence-corrected chi connectivity index (χ4v) is 4.74. The molecule has 0 bridgehead atoms. The molecule has 0 unspecified atom stereocenters. The van der Waals surface area contributed by atoms with Crippen molar-refractivity contribution in [2.45, 2.75) is 19.6 Å². The number of nitrogens with zero attached hydrogens (tertiary/aromatic N) is 5. The zero-order chi connectivity index (χ0) is 29.6. The van der Waals surface area contributed by atoms with Crippen molar-refractivity contribution in [3.8, 4) is 17.0 Å². The van der Waals surface area contributed by atoms with Crippen LogP contribution in [0.5, 0.6) is 5.75 Å². The Labute approximate surface area is 228 Å².